The predicted octanol–water partition coefficient (Wildman–Crippen LogP) is 2.23. The summed E-state index contributed by atoms with van der Waals surface area (Å²) in [6.45, 7) is 7.58. The number of nitrogens with zero attached hydrogens (tertiary/aromatic N) is 4. The molecule has 1 aliphatic carbocycles. The van der Waals surface area contributed by atoms with Crippen molar-refractivity contribution >= 4 is 5.91 Å². The van der Waals surface area contributed by atoms with E-state index in [9.17, 15) is 4.79 Å². The van der Waals surface area contributed by atoms with E-state index < -0.39 is 0 Å². The van der Waals surface area contributed by atoms with Crippen molar-refractivity contribution in [2.75, 3.05) is 13.1 Å². The van der Waals surface area contributed by atoms with Crippen LogP contribution in [0.25, 0.3) is 0 Å². The van der Waals surface area contributed by atoms with Crippen LogP contribution in [0.15, 0.2) is 6.07 Å². The monoisotopic (exact) mass is 328 g/mol. The van der Waals surface area contributed by atoms with Crippen LogP contribution in [0.5, 0.6) is 0 Å². The summed E-state index contributed by atoms with van der Waals surface area (Å²) in [5, 5.41) is 14.4. The summed E-state index contributed by atoms with van der Waals surface area (Å²) >= 11 is 0. The highest BCUT2D eigenvalue weighted by molar-refractivity contribution is 5.92. The predicted molar refractivity (Wildman–Crippen MR) is 88.7 cm³/mol. The van der Waals surface area contributed by atoms with E-state index in [-0.39, 0.29) is 11.8 Å². The topological polar surface area (TPSA) is 90.6 Å². The van der Waals surface area contributed by atoms with Gasteiger partial charge in [0.2, 0.25) is 0 Å². The first-order chi connectivity index (χ1) is 11.5. The summed E-state index contributed by atoms with van der Waals surface area (Å²) < 4.78 is 0. The number of aryl methyl sites for hydroxylation is 1. The van der Waals surface area contributed by atoms with Gasteiger partial charge in [-0.05, 0) is 37.7 Å². The largest absolute Gasteiger partial charge is 0.336 e. The van der Waals surface area contributed by atoms with E-state index >= 15 is 0 Å². The summed E-state index contributed by atoms with van der Waals surface area (Å²) in [5.74, 6) is 3.54. The van der Waals surface area contributed by atoms with Gasteiger partial charge in [0.25, 0.3) is 5.91 Å². The molecular weight excluding hydrogens is 304 g/mol. The lowest BCUT2D eigenvalue weighted by molar-refractivity contribution is 0.0779. The Morgan fingerprint density at radius 2 is 2.04 bits per heavy atom. The number of likely N-dealkylation sites (tertiary alicyclic amines) is 1. The van der Waals surface area contributed by atoms with E-state index in [1.165, 1.54) is 12.8 Å². The van der Waals surface area contributed by atoms with Crippen LogP contribution < -0.4 is 0 Å². The third-order valence-electron chi connectivity index (χ3n) is 5.19. The van der Waals surface area contributed by atoms with Gasteiger partial charge in [0.15, 0.2) is 5.82 Å². The minimum atomic E-state index is 0.0103. The zero-order valence-electron chi connectivity index (χ0n) is 14.4. The highest BCUT2D eigenvalue weighted by atomic mass is 16.2. The molecule has 128 valence electrons. The number of hydrogen-bond acceptors (Lipinski definition) is 4. The van der Waals surface area contributed by atoms with Crippen LogP contribution >= 0.6 is 0 Å². The summed E-state index contributed by atoms with van der Waals surface area (Å²) in [7, 11) is 0. The lowest BCUT2D eigenvalue weighted by atomic mass is 9.91. The standard InChI is InChI=1S/C17H24N6O/c1-9(2)15-18-16(22-21-15)13-8-23(7-12(13)11-4-5-11)17(24)14-6-10(3)19-20-14/h6,9,11-13H,4-5,7-8H2,1-3H3,(H,19,20)(H,18,21,22)/t12-,13+/m1/s1. The number of nitrogens with one attached hydrogen (secondary N) is 2. The molecule has 7 nitrogen and oxygen atoms in total. The Morgan fingerprint density at radius 3 is 2.62 bits per heavy atom. The highest BCUT2D eigenvalue weighted by Gasteiger charge is 2.46. The molecule has 24 heavy (non-hydrogen) atoms. The number of rotatable bonds is 4. The molecule has 1 saturated heterocycles. The number of H-pyrrole nitrogens is 2. The Hall–Kier alpha value is -2.18. The Kier molecular flexibility index (Phi) is 3.66. The Morgan fingerprint density at radius 1 is 1.25 bits per heavy atom. The molecule has 1 saturated carbocycles. The van der Waals surface area contributed by atoms with Crippen LogP contribution in [0.2, 0.25) is 0 Å². The molecule has 7 heteroatoms. The van der Waals surface area contributed by atoms with Crippen LogP contribution in [0, 0.1) is 18.8 Å². The smallest absolute Gasteiger partial charge is 0.274 e. The fourth-order valence-electron chi connectivity index (χ4n) is 3.69. The van der Waals surface area contributed by atoms with Crippen molar-refractivity contribution in [2.24, 2.45) is 11.8 Å². The van der Waals surface area contributed by atoms with Gasteiger partial charge in [-0.2, -0.15) is 10.2 Å². The molecule has 0 aromatic carbocycles. The first-order valence-electron chi connectivity index (χ1n) is 8.76. The molecule has 0 radical (unpaired) electrons. The molecule has 2 aliphatic rings. The first-order valence-corrected chi connectivity index (χ1v) is 8.76. The molecule has 4 rings (SSSR count). The Labute approximate surface area is 141 Å². The summed E-state index contributed by atoms with van der Waals surface area (Å²) in [4.78, 5) is 19.4. The van der Waals surface area contributed by atoms with E-state index in [1.54, 1.807) is 0 Å². The zero-order valence-corrected chi connectivity index (χ0v) is 14.4. The zero-order chi connectivity index (χ0) is 16.8. The average Bonchev–Trinajstić information content (AvgIpc) is 2.99. The second kappa shape index (κ2) is 5.72. The molecule has 2 fully saturated rings. The van der Waals surface area contributed by atoms with Crippen molar-refractivity contribution in [1.29, 1.82) is 0 Å². The van der Waals surface area contributed by atoms with E-state index in [0.717, 1.165) is 23.9 Å². The maximum atomic E-state index is 12.7. The van der Waals surface area contributed by atoms with Crippen LogP contribution in [-0.4, -0.2) is 49.3 Å². The van der Waals surface area contributed by atoms with Crippen LogP contribution in [-0.2, 0) is 0 Å². The summed E-state index contributed by atoms with van der Waals surface area (Å²) in [6, 6.07) is 1.81. The average molecular weight is 328 g/mol. The van der Waals surface area contributed by atoms with E-state index in [1.807, 2.05) is 17.9 Å². The van der Waals surface area contributed by atoms with Crippen molar-refractivity contribution in [3.8, 4) is 0 Å². The summed E-state index contributed by atoms with van der Waals surface area (Å²) in [6.07, 6.45) is 2.52. The fraction of sp³-hybridized carbons (Fsp3) is 0.647. The third-order valence-corrected chi connectivity index (χ3v) is 5.19. The second-order valence-corrected chi connectivity index (χ2v) is 7.49. The van der Waals surface area contributed by atoms with Crippen LogP contribution in [0.1, 0.15) is 66.4 Å². The van der Waals surface area contributed by atoms with Gasteiger partial charge in [-0.25, -0.2) is 4.98 Å². The Balaban J connectivity index is 1.56. The van der Waals surface area contributed by atoms with Gasteiger partial charge in [-0.3, -0.25) is 15.0 Å². The van der Waals surface area contributed by atoms with E-state index in [4.69, 9.17) is 4.98 Å². The van der Waals surface area contributed by atoms with Gasteiger partial charge in [0.05, 0.1) is 0 Å². The van der Waals surface area contributed by atoms with Crippen LogP contribution in [0.3, 0.4) is 0 Å². The lowest BCUT2D eigenvalue weighted by Gasteiger charge is -2.14. The van der Waals surface area contributed by atoms with Gasteiger partial charge in [0, 0.05) is 30.6 Å². The molecule has 2 atom stereocenters. The van der Waals surface area contributed by atoms with Gasteiger partial charge in [-0.15, -0.1) is 0 Å². The number of aromatic nitrogens is 5. The second-order valence-electron chi connectivity index (χ2n) is 7.49. The maximum Gasteiger partial charge on any atom is 0.274 e. The fourth-order valence-corrected chi connectivity index (χ4v) is 3.69. The maximum absolute atomic E-state index is 12.7. The van der Waals surface area contributed by atoms with E-state index in [2.05, 4.69) is 34.2 Å². The van der Waals surface area contributed by atoms with Gasteiger partial charge in [-0.1, -0.05) is 13.8 Å². The van der Waals surface area contributed by atoms with Gasteiger partial charge < -0.3 is 4.90 Å². The SMILES string of the molecule is Cc1cc(C(=O)N2C[C@H](c3nc(C(C)C)n[nH]3)[C@@H](C3CC3)C2)n[nH]1. The number of carbonyl (C=O) groups excluding carboxylic acids is 1. The minimum absolute atomic E-state index is 0.0103. The molecule has 0 spiro atoms. The lowest BCUT2D eigenvalue weighted by Crippen LogP contribution is -2.29. The summed E-state index contributed by atoms with van der Waals surface area (Å²) in [5.41, 5.74) is 1.41. The molecule has 2 N–H and O–H groups in total. The van der Waals surface area contributed by atoms with Crippen molar-refractivity contribution in [1.82, 2.24) is 30.3 Å². The molecule has 0 unspecified atom stereocenters. The highest BCUT2D eigenvalue weighted by Crippen LogP contribution is 2.47. The molecule has 3 heterocycles. The van der Waals surface area contributed by atoms with Crippen molar-refractivity contribution in [3.63, 3.8) is 0 Å². The third kappa shape index (κ3) is 2.72. The molecule has 1 aliphatic heterocycles. The van der Waals surface area contributed by atoms with Gasteiger partial charge in [0.1, 0.15) is 11.5 Å². The van der Waals surface area contributed by atoms with Crippen molar-refractivity contribution in [2.45, 2.75) is 45.4 Å². The number of amides is 1. The minimum Gasteiger partial charge on any atom is -0.336 e. The molecular formula is C17H24N6O. The van der Waals surface area contributed by atoms with Crippen LogP contribution in [0.4, 0.5) is 0 Å². The number of aromatic amines is 2. The molecule has 2 aromatic heterocycles. The quantitative estimate of drug-likeness (QED) is 0.900. The van der Waals surface area contributed by atoms with Crippen molar-refractivity contribution < 1.29 is 4.79 Å². The number of hydrogen-bond donors (Lipinski definition) is 2. The number of carbonyl (C=O) groups is 1. The van der Waals surface area contributed by atoms with Gasteiger partial charge >= 0.3 is 0 Å². The molecule has 2 aromatic rings. The Bertz CT molecular complexity index is 744. The normalized spacial score (nSPS) is 24.1. The van der Waals surface area contributed by atoms with E-state index in [0.29, 0.717) is 30.0 Å². The van der Waals surface area contributed by atoms with Crippen molar-refractivity contribution in [3.05, 3.63) is 29.1 Å². The first kappa shape index (κ1) is 15.4. The molecule has 0 bridgehead atoms. The molecule has 1 amide bonds.